The highest BCUT2D eigenvalue weighted by molar-refractivity contribution is 7.13. The van der Waals surface area contributed by atoms with Crippen molar-refractivity contribution in [3.05, 3.63) is 45.0 Å². The summed E-state index contributed by atoms with van der Waals surface area (Å²) in [4.78, 5) is 15.1. The molecule has 0 saturated carbocycles. The molecule has 2 aromatic rings. The van der Waals surface area contributed by atoms with Crippen molar-refractivity contribution in [1.82, 2.24) is 4.98 Å². The van der Waals surface area contributed by atoms with Gasteiger partial charge >= 0.3 is 0 Å². The molecule has 1 heterocycles. The van der Waals surface area contributed by atoms with Crippen LogP contribution in [0.1, 0.15) is 25.1 Å². The Morgan fingerprint density at radius 3 is 2.63 bits per heavy atom. The Kier molecular flexibility index (Phi) is 3.38. The molecule has 1 aromatic carbocycles. The number of aromatic nitrogens is 1. The Balaban J connectivity index is 2.53. The summed E-state index contributed by atoms with van der Waals surface area (Å²) in [5, 5.41) is 13.6. The van der Waals surface area contributed by atoms with Gasteiger partial charge in [0.25, 0.3) is 5.69 Å². The molecule has 0 atom stereocenters. The average Bonchev–Trinajstić information content (AvgIpc) is 2.77. The van der Waals surface area contributed by atoms with Crippen molar-refractivity contribution in [2.75, 3.05) is 0 Å². The Morgan fingerprint density at radius 1 is 1.42 bits per heavy atom. The van der Waals surface area contributed by atoms with Crippen molar-refractivity contribution in [1.29, 1.82) is 0 Å². The van der Waals surface area contributed by atoms with Crippen LogP contribution in [-0.2, 0) is 5.54 Å². The van der Waals surface area contributed by atoms with Gasteiger partial charge in [-0.15, -0.1) is 11.3 Å². The van der Waals surface area contributed by atoms with Crippen molar-refractivity contribution < 1.29 is 4.92 Å². The van der Waals surface area contributed by atoms with E-state index in [0.717, 1.165) is 11.3 Å². The van der Waals surface area contributed by atoms with Crippen LogP contribution >= 0.6 is 11.3 Å². The molecule has 0 spiro atoms. The molecule has 1 aromatic heterocycles. The van der Waals surface area contributed by atoms with Crippen molar-refractivity contribution in [2.24, 2.45) is 5.73 Å². The molecule has 0 aliphatic heterocycles. The van der Waals surface area contributed by atoms with Crippen LogP contribution in [0, 0.1) is 17.0 Å². The van der Waals surface area contributed by atoms with E-state index in [1.165, 1.54) is 11.3 Å². The molecule has 0 aliphatic rings. The molecule has 0 radical (unpaired) electrons. The van der Waals surface area contributed by atoms with Crippen LogP contribution in [-0.4, -0.2) is 9.91 Å². The Morgan fingerprint density at radius 2 is 2.11 bits per heavy atom. The molecule has 0 bridgehead atoms. The van der Waals surface area contributed by atoms with E-state index in [-0.39, 0.29) is 10.6 Å². The normalized spacial score (nSPS) is 11.6. The minimum Gasteiger partial charge on any atom is -0.321 e. The number of nitro benzene ring substituents is 1. The number of nitrogens with two attached hydrogens (primary N) is 1. The quantitative estimate of drug-likeness (QED) is 0.689. The van der Waals surface area contributed by atoms with Crippen molar-refractivity contribution in [2.45, 2.75) is 26.3 Å². The average molecular weight is 277 g/mol. The summed E-state index contributed by atoms with van der Waals surface area (Å²) in [6, 6.07) is 5.14. The molecule has 0 fully saturated rings. The summed E-state index contributed by atoms with van der Waals surface area (Å²) in [5.41, 5.74) is 7.64. The van der Waals surface area contributed by atoms with Gasteiger partial charge in [0, 0.05) is 11.4 Å². The van der Waals surface area contributed by atoms with Crippen LogP contribution in [0.25, 0.3) is 10.6 Å². The molecule has 0 unspecified atom stereocenters. The SMILES string of the molecule is Cc1ccc(-c2nc(C(C)(C)N)cs2)c([N+](=O)[O-])c1. The van der Waals surface area contributed by atoms with Gasteiger partial charge in [-0.3, -0.25) is 10.1 Å². The summed E-state index contributed by atoms with van der Waals surface area (Å²) in [7, 11) is 0. The highest BCUT2D eigenvalue weighted by Crippen LogP contribution is 2.34. The van der Waals surface area contributed by atoms with E-state index < -0.39 is 5.54 Å². The van der Waals surface area contributed by atoms with Gasteiger partial charge in [-0.05, 0) is 32.4 Å². The number of benzene rings is 1. The van der Waals surface area contributed by atoms with E-state index in [0.29, 0.717) is 10.6 Å². The highest BCUT2D eigenvalue weighted by atomic mass is 32.1. The third kappa shape index (κ3) is 2.80. The highest BCUT2D eigenvalue weighted by Gasteiger charge is 2.22. The first-order chi connectivity index (χ1) is 8.79. The zero-order valence-corrected chi connectivity index (χ0v) is 11.8. The lowest BCUT2D eigenvalue weighted by atomic mass is 10.0. The number of hydrogen-bond acceptors (Lipinski definition) is 5. The second-order valence-electron chi connectivity index (χ2n) is 5.04. The van der Waals surface area contributed by atoms with Gasteiger partial charge in [0.2, 0.25) is 0 Å². The molecule has 19 heavy (non-hydrogen) atoms. The minimum atomic E-state index is -0.547. The smallest absolute Gasteiger partial charge is 0.279 e. The molecule has 0 aliphatic carbocycles. The van der Waals surface area contributed by atoms with Crippen LogP contribution in [0.2, 0.25) is 0 Å². The van der Waals surface area contributed by atoms with Gasteiger partial charge in [0.15, 0.2) is 0 Å². The number of nitro groups is 1. The van der Waals surface area contributed by atoms with Gasteiger partial charge < -0.3 is 5.73 Å². The van der Waals surface area contributed by atoms with Crippen LogP contribution in [0.3, 0.4) is 0 Å². The van der Waals surface area contributed by atoms with Gasteiger partial charge in [0.1, 0.15) is 5.01 Å². The van der Waals surface area contributed by atoms with Crippen molar-refractivity contribution in [3.63, 3.8) is 0 Å². The number of thiazole rings is 1. The van der Waals surface area contributed by atoms with Gasteiger partial charge in [-0.25, -0.2) is 4.98 Å². The molecule has 0 saturated heterocycles. The summed E-state index contributed by atoms with van der Waals surface area (Å²) in [6.45, 7) is 5.54. The first kappa shape index (κ1) is 13.6. The molecule has 6 heteroatoms. The molecular formula is C13H15N3O2S. The van der Waals surface area contributed by atoms with Gasteiger partial charge in [0.05, 0.1) is 21.7 Å². The fraction of sp³-hybridized carbons (Fsp3) is 0.308. The molecule has 2 N–H and O–H groups in total. The molecule has 2 rings (SSSR count). The number of hydrogen-bond donors (Lipinski definition) is 1. The molecule has 100 valence electrons. The maximum absolute atomic E-state index is 11.1. The van der Waals surface area contributed by atoms with E-state index in [1.807, 2.05) is 32.2 Å². The lowest BCUT2D eigenvalue weighted by molar-refractivity contribution is -0.384. The van der Waals surface area contributed by atoms with Crippen molar-refractivity contribution in [3.8, 4) is 10.6 Å². The monoisotopic (exact) mass is 277 g/mol. The van der Waals surface area contributed by atoms with E-state index in [4.69, 9.17) is 5.73 Å². The van der Waals surface area contributed by atoms with E-state index in [1.54, 1.807) is 12.1 Å². The number of nitrogens with zero attached hydrogens (tertiary/aromatic N) is 2. The standard InChI is InChI=1S/C13H15N3O2S/c1-8-4-5-9(10(6-8)16(17)18)12-15-11(7-19-12)13(2,3)14/h4-7H,14H2,1-3H3. The third-order valence-electron chi connectivity index (χ3n) is 2.74. The Labute approximate surface area is 115 Å². The Bertz CT molecular complexity index is 629. The summed E-state index contributed by atoms with van der Waals surface area (Å²) >= 11 is 1.37. The Hall–Kier alpha value is -1.79. The first-order valence-electron chi connectivity index (χ1n) is 5.79. The fourth-order valence-electron chi connectivity index (χ4n) is 1.67. The topological polar surface area (TPSA) is 82.0 Å². The minimum absolute atomic E-state index is 0.0794. The largest absolute Gasteiger partial charge is 0.321 e. The number of aryl methyl sites for hydroxylation is 1. The molecular weight excluding hydrogens is 262 g/mol. The predicted octanol–water partition coefficient (Wildman–Crippen LogP) is 3.22. The van der Waals surface area contributed by atoms with Crippen LogP contribution in [0.5, 0.6) is 0 Å². The second-order valence-corrected chi connectivity index (χ2v) is 5.90. The zero-order valence-electron chi connectivity index (χ0n) is 11.0. The zero-order chi connectivity index (χ0) is 14.2. The lowest BCUT2D eigenvalue weighted by Gasteiger charge is -2.14. The van der Waals surface area contributed by atoms with E-state index in [2.05, 4.69) is 4.98 Å². The maximum atomic E-state index is 11.1. The summed E-state index contributed by atoms with van der Waals surface area (Å²) in [6.07, 6.45) is 0. The van der Waals surface area contributed by atoms with Crippen LogP contribution in [0.15, 0.2) is 23.6 Å². The van der Waals surface area contributed by atoms with Gasteiger partial charge in [-0.1, -0.05) is 6.07 Å². The maximum Gasteiger partial charge on any atom is 0.279 e. The van der Waals surface area contributed by atoms with Crippen LogP contribution in [0.4, 0.5) is 5.69 Å². The van der Waals surface area contributed by atoms with E-state index in [9.17, 15) is 10.1 Å². The number of rotatable bonds is 3. The van der Waals surface area contributed by atoms with Crippen LogP contribution < -0.4 is 5.73 Å². The third-order valence-corrected chi connectivity index (χ3v) is 3.62. The summed E-state index contributed by atoms with van der Waals surface area (Å²) in [5.74, 6) is 0. The van der Waals surface area contributed by atoms with Crippen molar-refractivity contribution >= 4 is 17.0 Å². The summed E-state index contributed by atoms with van der Waals surface area (Å²) < 4.78 is 0. The molecule has 5 nitrogen and oxygen atoms in total. The van der Waals surface area contributed by atoms with E-state index >= 15 is 0 Å². The first-order valence-corrected chi connectivity index (χ1v) is 6.67. The fourth-order valence-corrected chi connectivity index (χ4v) is 2.70. The second kappa shape index (κ2) is 4.71. The molecule has 0 amide bonds. The predicted molar refractivity (Wildman–Crippen MR) is 76.2 cm³/mol. The lowest BCUT2D eigenvalue weighted by Crippen LogP contribution is -2.28. The van der Waals surface area contributed by atoms with Gasteiger partial charge in [-0.2, -0.15) is 0 Å².